The predicted octanol–water partition coefficient (Wildman–Crippen LogP) is 3.55. The van der Waals surface area contributed by atoms with E-state index in [1.807, 2.05) is 19.9 Å². The zero-order chi connectivity index (χ0) is 21.6. The number of aromatic nitrogens is 4. The summed E-state index contributed by atoms with van der Waals surface area (Å²) in [7, 11) is 0. The molecule has 0 radical (unpaired) electrons. The lowest BCUT2D eigenvalue weighted by Gasteiger charge is -2.31. The number of hydrogen-bond acceptors (Lipinski definition) is 5. The van der Waals surface area contributed by atoms with Crippen LogP contribution >= 0.6 is 0 Å². The van der Waals surface area contributed by atoms with E-state index in [1.165, 1.54) is 0 Å². The number of imidazole rings is 1. The summed E-state index contributed by atoms with van der Waals surface area (Å²) in [4.78, 5) is 20.1. The number of nitriles is 1. The van der Waals surface area contributed by atoms with Crippen LogP contribution in [0.2, 0.25) is 0 Å². The molecule has 0 unspecified atom stereocenters. The van der Waals surface area contributed by atoms with Gasteiger partial charge in [-0.05, 0) is 39.0 Å². The van der Waals surface area contributed by atoms with E-state index in [0.29, 0.717) is 30.3 Å². The van der Waals surface area contributed by atoms with Crippen molar-refractivity contribution >= 4 is 28.6 Å². The first-order chi connectivity index (χ1) is 14.3. The second-order valence-electron chi connectivity index (χ2n) is 8.62. The van der Waals surface area contributed by atoms with Crippen LogP contribution in [0, 0.1) is 23.7 Å². The summed E-state index contributed by atoms with van der Waals surface area (Å²) >= 11 is 0. The number of carbonyl (C=O) groups is 1. The lowest BCUT2D eigenvalue weighted by Crippen LogP contribution is -2.35. The molecule has 1 aliphatic rings. The fraction of sp³-hybridized carbons (Fsp3) is 0.455. The Kier molecular flexibility index (Phi) is 4.77. The number of benzene rings is 1. The Morgan fingerprint density at radius 1 is 1.23 bits per heavy atom. The molecule has 8 heteroatoms. The van der Waals surface area contributed by atoms with E-state index >= 15 is 0 Å². The van der Waals surface area contributed by atoms with Crippen molar-refractivity contribution in [1.82, 2.24) is 19.3 Å². The van der Waals surface area contributed by atoms with Gasteiger partial charge >= 0.3 is 0 Å². The van der Waals surface area contributed by atoms with Gasteiger partial charge in [0.15, 0.2) is 0 Å². The number of nitrogens with one attached hydrogen (secondary N) is 1. The summed E-state index contributed by atoms with van der Waals surface area (Å²) in [6, 6.07) is 7.74. The lowest BCUT2D eigenvalue weighted by molar-refractivity contribution is 0.101. The van der Waals surface area contributed by atoms with Gasteiger partial charge in [0.05, 0.1) is 34.0 Å². The van der Waals surface area contributed by atoms with Gasteiger partial charge in [0.1, 0.15) is 5.69 Å². The second kappa shape index (κ2) is 7.17. The van der Waals surface area contributed by atoms with Gasteiger partial charge < -0.3 is 9.47 Å². The molecule has 2 aromatic heterocycles. The Morgan fingerprint density at radius 3 is 2.67 bits per heavy atom. The Morgan fingerprint density at radius 2 is 2.00 bits per heavy atom. The average molecular weight is 406 g/mol. The zero-order valence-corrected chi connectivity index (χ0v) is 18.2. The Balaban J connectivity index is 1.86. The number of rotatable bonds is 4. The molecule has 3 heterocycles. The van der Waals surface area contributed by atoms with Gasteiger partial charge in [-0.2, -0.15) is 10.4 Å². The third-order valence-corrected chi connectivity index (χ3v) is 5.54. The highest BCUT2D eigenvalue weighted by Gasteiger charge is 2.31. The molecule has 1 N–H and O–H groups in total. The van der Waals surface area contributed by atoms with Crippen LogP contribution in [0.3, 0.4) is 0 Å². The lowest BCUT2D eigenvalue weighted by atomic mass is 9.93. The molecular weight excluding hydrogens is 378 g/mol. The molecular formula is C22H27N7O. The van der Waals surface area contributed by atoms with Crippen molar-refractivity contribution in [2.24, 2.45) is 5.41 Å². The average Bonchev–Trinajstić information content (AvgIpc) is 3.21. The van der Waals surface area contributed by atoms with Crippen molar-refractivity contribution in [3.63, 3.8) is 0 Å². The van der Waals surface area contributed by atoms with Crippen molar-refractivity contribution in [2.75, 3.05) is 23.3 Å². The molecule has 0 fully saturated rings. The Hall–Kier alpha value is -3.34. The highest BCUT2D eigenvalue weighted by atomic mass is 16.2. The smallest absolute Gasteiger partial charge is 0.276 e. The van der Waals surface area contributed by atoms with Gasteiger partial charge in [-0.1, -0.05) is 13.8 Å². The molecule has 4 rings (SSSR count). The van der Waals surface area contributed by atoms with Crippen LogP contribution in [0.15, 0.2) is 18.2 Å². The molecule has 30 heavy (non-hydrogen) atoms. The third kappa shape index (κ3) is 3.30. The Bertz CT molecular complexity index is 1180. The van der Waals surface area contributed by atoms with E-state index in [9.17, 15) is 10.1 Å². The molecule has 0 saturated carbocycles. The van der Waals surface area contributed by atoms with Crippen molar-refractivity contribution < 1.29 is 4.79 Å². The minimum atomic E-state index is -0.236. The van der Waals surface area contributed by atoms with Crippen LogP contribution in [-0.2, 0) is 13.1 Å². The third-order valence-electron chi connectivity index (χ3n) is 5.54. The maximum absolute atomic E-state index is 13.1. The van der Waals surface area contributed by atoms with Crippen molar-refractivity contribution in [3.05, 3.63) is 35.2 Å². The number of nitrogens with zero attached hydrogens (tertiary/aromatic N) is 6. The van der Waals surface area contributed by atoms with E-state index in [4.69, 9.17) is 4.98 Å². The molecule has 1 aliphatic heterocycles. The highest BCUT2D eigenvalue weighted by Crippen LogP contribution is 2.38. The molecule has 0 bridgehead atoms. The quantitative estimate of drug-likeness (QED) is 0.717. The largest absolute Gasteiger partial charge is 0.369 e. The minimum absolute atomic E-state index is 0.0449. The number of aryl methyl sites for hydroxylation is 2. The van der Waals surface area contributed by atoms with Crippen LogP contribution in [-0.4, -0.2) is 38.3 Å². The van der Waals surface area contributed by atoms with Crippen LogP contribution in [0.4, 0.5) is 11.6 Å². The second-order valence-corrected chi connectivity index (χ2v) is 8.62. The van der Waals surface area contributed by atoms with Gasteiger partial charge in [-0.3, -0.25) is 14.8 Å². The normalized spacial score (nSPS) is 15.1. The van der Waals surface area contributed by atoms with E-state index in [0.717, 1.165) is 35.5 Å². The van der Waals surface area contributed by atoms with Crippen molar-refractivity contribution in [1.29, 1.82) is 5.26 Å². The van der Waals surface area contributed by atoms with Gasteiger partial charge in [-0.25, -0.2) is 4.98 Å². The monoisotopic (exact) mass is 405 g/mol. The molecule has 0 spiro atoms. The first-order valence-corrected chi connectivity index (χ1v) is 10.3. The standard InChI is InChI=1S/C22H27N7O/c1-6-27-12-22(4,5)13-28-19-16(9-15(11-23)10-17(19)27)24-21(28)25-20(30)18-8-14(3)26-29(18)7-2/h8-10H,6-7,12-13H2,1-5H3,(H,24,25,30). The Labute approximate surface area is 176 Å². The summed E-state index contributed by atoms with van der Waals surface area (Å²) < 4.78 is 3.77. The molecule has 8 nitrogen and oxygen atoms in total. The van der Waals surface area contributed by atoms with Gasteiger partial charge in [-0.15, -0.1) is 0 Å². The molecule has 1 aromatic carbocycles. The molecule has 3 aromatic rings. The fourth-order valence-electron chi connectivity index (χ4n) is 4.30. The topological polar surface area (TPSA) is 91.8 Å². The first kappa shape index (κ1) is 20.0. The summed E-state index contributed by atoms with van der Waals surface area (Å²) in [6.07, 6.45) is 0. The van der Waals surface area contributed by atoms with Crippen LogP contribution in [0.25, 0.3) is 11.0 Å². The number of carbonyl (C=O) groups excluding carboxylic acids is 1. The maximum atomic E-state index is 13.1. The minimum Gasteiger partial charge on any atom is -0.369 e. The summed E-state index contributed by atoms with van der Waals surface area (Å²) in [5.41, 5.74) is 4.49. The number of anilines is 2. The van der Waals surface area contributed by atoms with E-state index in [2.05, 4.69) is 46.7 Å². The number of hydrogen-bond donors (Lipinski definition) is 1. The molecule has 0 saturated heterocycles. The highest BCUT2D eigenvalue weighted by molar-refractivity contribution is 6.04. The summed E-state index contributed by atoms with van der Waals surface area (Å²) in [5, 5.41) is 16.9. The van der Waals surface area contributed by atoms with Crippen LogP contribution in [0.1, 0.15) is 49.4 Å². The fourth-order valence-corrected chi connectivity index (χ4v) is 4.30. The van der Waals surface area contributed by atoms with Crippen molar-refractivity contribution in [2.45, 2.75) is 47.7 Å². The molecule has 0 atom stereocenters. The maximum Gasteiger partial charge on any atom is 0.276 e. The van der Waals surface area contributed by atoms with Crippen molar-refractivity contribution in [3.8, 4) is 6.07 Å². The van der Waals surface area contributed by atoms with Crippen LogP contribution in [0.5, 0.6) is 0 Å². The predicted molar refractivity (Wildman–Crippen MR) is 117 cm³/mol. The van der Waals surface area contributed by atoms with Gasteiger partial charge in [0.25, 0.3) is 5.91 Å². The van der Waals surface area contributed by atoms with Crippen LogP contribution < -0.4 is 10.2 Å². The SMILES string of the molecule is CCN1CC(C)(C)Cn2c(NC(=O)c3cc(C)nn3CC)nc3cc(C#N)cc1c32. The zero-order valence-electron chi connectivity index (χ0n) is 18.2. The molecule has 0 aliphatic carbocycles. The van der Waals surface area contributed by atoms with Gasteiger partial charge in [0, 0.05) is 31.6 Å². The van der Waals surface area contributed by atoms with E-state index in [1.54, 1.807) is 16.8 Å². The molecule has 1 amide bonds. The first-order valence-electron chi connectivity index (χ1n) is 10.3. The number of amides is 1. The van der Waals surface area contributed by atoms with E-state index in [-0.39, 0.29) is 11.3 Å². The molecule has 156 valence electrons. The summed E-state index contributed by atoms with van der Waals surface area (Å²) in [5.74, 6) is 0.263. The van der Waals surface area contributed by atoms with Gasteiger partial charge in [0.2, 0.25) is 5.95 Å². The summed E-state index contributed by atoms with van der Waals surface area (Å²) in [6.45, 7) is 13.4. The van der Waals surface area contributed by atoms with E-state index < -0.39 is 0 Å².